The van der Waals surface area contributed by atoms with Crippen molar-refractivity contribution in [2.75, 3.05) is 5.73 Å². The molecule has 1 unspecified atom stereocenters. The Hall–Kier alpha value is -2.44. The van der Waals surface area contributed by atoms with Crippen LogP contribution < -0.4 is 11.1 Å². The molecule has 2 rings (SSSR count). The molecule has 0 aliphatic rings. The Morgan fingerprint density at radius 3 is 2.90 bits per heavy atom. The summed E-state index contributed by atoms with van der Waals surface area (Å²) in [7, 11) is 0. The first-order valence-electron chi connectivity index (χ1n) is 7.06. The number of H-pyrrole nitrogens is 1. The van der Waals surface area contributed by atoms with Gasteiger partial charge in [0.05, 0.1) is 6.04 Å². The van der Waals surface area contributed by atoms with Gasteiger partial charge in [-0.1, -0.05) is 36.8 Å². The summed E-state index contributed by atoms with van der Waals surface area (Å²) in [6, 6.07) is 7.38. The summed E-state index contributed by atoms with van der Waals surface area (Å²) >= 11 is 0. The minimum absolute atomic E-state index is 0.0403. The Kier molecular flexibility index (Phi) is 5.25. The average molecular weight is 288 g/mol. The molecule has 112 valence electrons. The molecule has 1 heterocycles. The first-order valence-corrected chi connectivity index (χ1v) is 7.06. The Bertz CT molecular complexity index is 569. The highest BCUT2D eigenvalue weighted by Crippen LogP contribution is 2.15. The predicted octanol–water partition coefficient (Wildman–Crippen LogP) is 1.37. The van der Waals surface area contributed by atoms with Crippen molar-refractivity contribution in [3.63, 3.8) is 0 Å². The number of aryl methyl sites for hydroxylation is 1. The molecule has 0 fully saturated rings. The van der Waals surface area contributed by atoms with Gasteiger partial charge in [-0.15, -0.1) is 10.2 Å². The van der Waals surface area contributed by atoms with Crippen LogP contribution in [0.3, 0.4) is 0 Å². The number of aromatic amines is 1. The van der Waals surface area contributed by atoms with E-state index in [9.17, 15) is 4.79 Å². The minimum atomic E-state index is -0.200. The van der Waals surface area contributed by atoms with Crippen LogP contribution in [0.1, 0.15) is 43.6 Å². The zero-order valence-corrected chi connectivity index (χ0v) is 12.0. The normalized spacial score (nSPS) is 12.0. The molecular weight excluding hydrogens is 268 g/mol. The molecule has 0 spiro atoms. The van der Waals surface area contributed by atoms with Crippen LogP contribution in [0.5, 0.6) is 0 Å². The second-order valence-electron chi connectivity index (χ2n) is 4.88. The maximum absolute atomic E-state index is 12.1. The van der Waals surface area contributed by atoms with Gasteiger partial charge in [0.15, 0.2) is 5.82 Å². The molecular formula is C14H20N6O. The maximum Gasteiger partial charge on any atom is 0.220 e. The van der Waals surface area contributed by atoms with E-state index in [1.165, 1.54) is 0 Å². The van der Waals surface area contributed by atoms with Crippen molar-refractivity contribution >= 4 is 11.6 Å². The largest absolute Gasteiger partial charge is 0.399 e. The first-order chi connectivity index (χ1) is 10.2. The van der Waals surface area contributed by atoms with Crippen LogP contribution in [0.25, 0.3) is 0 Å². The first kappa shape index (κ1) is 15.0. The second-order valence-corrected chi connectivity index (χ2v) is 4.88. The van der Waals surface area contributed by atoms with Crippen LogP contribution in [0.2, 0.25) is 0 Å². The van der Waals surface area contributed by atoms with Crippen molar-refractivity contribution in [2.45, 2.75) is 38.6 Å². The molecule has 1 aromatic heterocycles. The summed E-state index contributed by atoms with van der Waals surface area (Å²) in [5, 5.41) is 16.8. The molecule has 0 radical (unpaired) electrons. The quantitative estimate of drug-likeness (QED) is 0.667. The van der Waals surface area contributed by atoms with E-state index < -0.39 is 0 Å². The van der Waals surface area contributed by atoms with Crippen LogP contribution >= 0.6 is 0 Å². The summed E-state index contributed by atoms with van der Waals surface area (Å²) in [6.45, 7) is 2.05. The predicted molar refractivity (Wildman–Crippen MR) is 79.1 cm³/mol. The molecule has 1 aromatic carbocycles. The number of carbonyl (C=O) groups is 1. The van der Waals surface area contributed by atoms with Crippen LogP contribution in [0, 0.1) is 0 Å². The Labute approximate surface area is 123 Å². The number of para-hydroxylation sites is 1. The summed E-state index contributed by atoms with van der Waals surface area (Å²) in [4.78, 5) is 12.1. The molecule has 7 heteroatoms. The van der Waals surface area contributed by atoms with Crippen LogP contribution in [0.4, 0.5) is 5.69 Å². The maximum atomic E-state index is 12.1. The molecule has 2 aromatic rings. The fourth-order valence-corrected chi connectivity index (χ4v) is 2.15. The van der Waals surface area contributed by atoms with Crippen molar-refractivity contribution in [2.24, 2.45) is 0 Å². The van der Waals surface area contributed by atoms with Crippen molar-refractivity contribution in [3.8, 4) is 0 Å². The highest BCUT2D eigenvalue weighted by Gasteiger charge is 2.17. The SMILES string of the molecule is CCCC(NC(=O)CCc1ccccc1N)c1nn[nH]n1. The molecule has 4 N–H and O–H groups in total. The molecule has 0 saturated heterocycles. The molecule has 1 atom stereocenters. The molecule has 0 aliphatic carbocycles. The fraction of sp³-hybridized carbons (Fsp3) is 0.429. The third-order valence-electron chi connectivity index (χ3n) is 3.26. The number of nitrogens with one attached hydrogen (secondary N) is 2. The molecule has 0 bridgehead atoms. The van der Waals surface area contributed by atoms with E-state index in [2.05, 4.69) is 25.9 Å². The number of anilines is 1. The smallest absolute Gasteiger partial charge is 0.220 e. The van der Waals surface area contributed by atoms with E-state index in [1.54, 1.807) is 0 Å². The average Bonchev–Trinajstić information content (AvgIpc) is 3.00. The molecule has 21 heavy (non-hydrogen) atoms. The van der Waals surface area contributed by atoms with E-state index >= 15 is 0 Å². The number of nitrogens with zero attached hydrogens (tertiary/aromatic N) is 3. The van der Waals surface area contributed by atoms with E-state index in [-0.39, 0.29) is 11.9 Å². The topological polar surface area (TPSA) is 110 Å². The highest BCUT2D eigenvalue weighted by atomic mass is 16.1. The lowest BCUT2D eigenvalue weighted by Crippen LogP contribution is -2.29. The fourth-order valence-electron chi connectivity index (χ4n) is 2.15. The number of carbonyl (C=O) groups excluding carboxylic acids is 1. The molecule has 7 nitrogen and oxygen atoms in total. The van der Waals surface area contributed by atoms with Crippen molar-refractivity contribution in [1.82, 2.24) is 25.9 Å². The lowest BCUT2D eigenvalue weighted by Gasteiger charge is -2.14. The number of nitrogens with two attached hydrogens (primary N) is 1. The van der Waals surface area contributed by atoms with Gasteiger partial charge in [0, 0.05) is 12.1 Å². The zero-order chi connectivity index (χ0) is 15.1. The lowest BCUT2D eigenvalue weighted by atomic mass is 10.1. The Morgan fingerprint density at radius 2 is 2.24 bits per heavy atom. The summed E-state index contributed by atoms with van der Waals surface area (Å²) < 4.78 is 0. The summed E-state index contributed by atoms with van der Waals surface area (Å²) in [5.41, 5.74) is 7.57. The molecule has 1 amide bonds. The minimum Gasteiger partial charge on any atom is -0.399 e. The molecule has 0 aliphatic heterocycles. The number of hydrogen-bond acceptors (Lipinski definition) is 5. The number of benzene rings is 1. The van der Waals surface area contributed by atoms with E-state index in [1.807, 2.05) is 31.2 Å². The Morgan fingerprint density at radius 1 is 1.43 bits per heavy atom. The van der Waals surface area contributed by atoms with Crippen LogP contribution in [-0.4, -0.2) is 26.5 Å². The van der Waals surface area contributed by atoms with Gasteiger partial charge in [-0.25, -0.2) is 0 Å². The lowest BCUT2D eigenvalue weighted by molar-refractivity contribution is -0.121. The van der Waals surface area contributed by atoms with Gasteiger partial charge in [-0.05, 0) is 24.5 Å². The third-order valence-corrected chi connectivity index (χ3v) is 3.26. The van der Waals surface area contributed by atoms with Crippen LogP contribution in [-0.2, 0) is 11.2 Å². The summed E-state index contributed by atoms with van der Waals surface area (Å²) in [6.07, 6.45) is 2.69. The molecule has 0 saturated carbocycles. The van der Waals surface area contributed by atoms with Crippen molar-refractivity contribution < 1.29 is 4.79 Å². The third kappa shape index (κ3) is 4.27. The number of amides is 1. The van der Waals surface area contributed by atoms with E-state index in [4.69, 9.17) is 5.73 Å². The zero-order valence-electron chi connectivity index (χ0n) is 12.0. The van der Waals surface area contributed by atoms with Gasteiger partial charge in [-0.3, -0.25) is 4.79 Å². The second kappa shape index (κ2) is 7.37. The van der Waals surface area contributed by atoms with Crippen molar-refractivity contribution in [1.29, 1.82) is 0 Å². The van der Waals surface area contributed by atoms with Gasteiger partial charge in [0.1, 0.15) is 0 Å². The highest BCUT2D eigenvalue weighted by molar-refractivity contribution is 5.76. The van der Waals surface area contributed by atoms with Gasteiger partial charge in [0.2, 0.25) is 5.91 Å². The van der Waals surface area contributed by atoms with Gasteiger partial charge < -0.3 is 11.1 Å². The number of tetrazole rings is 1. The Balaban J connectivity index is 1.89. The monoisotopic (exact) mass is 288 g/mol. The number of hydrogen-bond donors (Lipinski definition) is 3. The van der Waals surface area contributed by atoms with Gasteiger partial charge in [0.25, 0.3) is 0 Å². The summed E-state index contributed by atoms with van der Waals surface area (Å²) in [5.74, 6) is 0.478. The van der Waals surface area contributed by atoms with Gasteiger partial charge >= 0.3 is 0 Å². The van der Waals surface area contributed by atoms with E-state index in [0.717, 1.165) is 18.4 Å². The van der Waals surface area contributed by atoms with E-state index in [0.29, 0.717) is 24.4 Å². The van der Waals surface area contributed by atoms with Gasteiger partial charge in [-0.2, -0.15) is 5.21 Å². The number of aromatic nitrogens is 4. The number of rotatable bonds is 7. The van der Waals surface area contributed by atoms with Crippen LogP contribution in [0.15, 0.2) is 24.3 Å². The van der Waals surface area contributed by atoms with Crippen molar-refractivity contribution in [3.05, 3.63) is 35.7 Å². The number of nitrogen functional groups attached to an aromatic ring is 1. The standard InChI is InChI=1S/C14H20N6O/c1-2-5-12(14-17-19-20-18-14)16-13(21)9-8-10-6-3-4-7-11(10)15/h3-4,6-7,12H,2,5,8-9,15H2,1H3,(H,16,21)(H,17,18,19,20).